The highest BCUT2D eigenvalue weighted by molar-refractivity contribution is 5.42. The summed E-state index contributed by atoms with van der Waals surface area (Å²) in [6.45, 7) is 2.58. The highest BCUT2D eigenvalue weighted by Crippen LogP contribution is 2.29. The van der Waals surface area contributed by atoms with E-state index >= 15 is 0 Å². The number of benzene rings is 3. The minimum Gasteiger partial charge on any atom is -0.487 e. The van der Waals surface area contributed by atoms with Crippen LogP contribution in [0.2, 0.25) is 0 Å². The number of pyridine rings is 1. The fourth-order valence-corrected chi connectivity index (χ4v) is 3.73. The predicted octanol–water partition coefficient (Wildman–Crippen LogP) is 6.24. The molecule has 0 aliphatic heterocycles. The maximum absolute atomic E-state index is 6.34. The van der Waals surface area contributed by atoms with Gasteiger partial charge in [-0.3, -0.25) is 4.98 Å². The van der Waals surface area contributed by atoms with E-state index in [0.717, 1.165) is 33.5 Å². The molecule has 0 bridgehead atoms. The van der Waals surface area contributed by atoms with Crippen LogP contribution in [0.4, 0.5) is 0 Å². The summed E-state index contributed by atoms with van der Waals surface area (Å²) in [6.07, 6.45) is 1.84. The third-order valence-corrected chi connectivity index (χ3v) is 5.53. The second-order valence-electron chi connectivity index (χ2n) is 8.20. The Balaban J connectivity index is 1.55. The lowest BCUT2D eigenvalue weighted by Gasteiger charge is -2.19. The van der Waals surface area contributed by atoms with Gasteiger partial charge in [-0.15, -0.1) is 0 Å². The lowest BCUT2D eigenvalue weighted by atomic mass is 10.1. The normalized spacial score (nSPS) is 10.9. The van der Waals surface area contributed by atoms with Crippen molar-refractivity contribution in [2.24, 2.45) is 0 Å². The van der Waals surface area contributed by atoms with Crippen molar-refractivity contribution in [1.82, 2.24) is 4.98 Å². The van der Waals surface area contributed by atoms with Gasteiger partial charge in [0.15, 0.2) is 0 Å². The molecule has 35 heavy (non-hydrogen) atoms. The number of nitrogens with zero attached hydrogens (tertiary/aromatic N) is 1. The SMILES string of the molecule is COCc1ncc(COCc2ccccc2)c(COCc2ccccc2)c1OCc1ccccc1. The molecule has 0 saturated heterocycles. The van der Waals surface area contributed by atoms with Crippen molar-refractivity contribution in [3.8, 4) is 5.75 Å². The Labute approximate surface area is 207 Å². The number of hydrogen-bond donors (Lipinski definition) is 0. The maximum Gasteiger partial charge on any atom is 0.149 e. The number of hydrogen-bond acceptors (Lipinski definition) is 5. The van der Waals surface area contributed by atoms with Crippen molar-refractivity contribution >= 4 is 0 Å². The predicted molar refractivity (Wildman–Crippen MR) is 136 cm³/mol. The van der Waals surface area contributed by atoms with Crippen LogP contribution in [0.15, 0.2) is 97.2 Å². The van der Waals surface area contributed by atoms with Crippen LogP contribution in [0.5, 0.6) is 5.75 Å². The van der Waals surface area contributed by atoms with E-state index < -0.39 is 0 Å². The number of aromatic nitrogens is 1. The Morgan fingerprint density at radius 3 is 1.63 bits per heavy atom. The van der Waals surface area contributed by atoms with Crippen molar-refractivity contribution in [2.75, 3.05) is 7.11 Å². The van der Waals surface area contributed by atoms with Crippen molar-refractivity contribution in [1.29, 1.82) is 0 Å². The zero-order chi connectivity index (χ0) is 24.1. The van der Waals surface area contributed by atoms with Gasteiger partial charge in [-0.1, -0.05) is 91.0 Å². The van der Waals surface area contributed by atoms with Crippen molar-refractivity contribution in [3.05, 3.63) is 131 Å². The third kappa shape index (κ3) is 7.49. The molecule has 0 radical (unpaired) electrons. The van der Waals surface area contributed by atoms with E-state index in [1.807, 2.05) is 72.9 Å². The van der Waals surface area contributed by atoms with Crippen LogP contribution >= 0.6 is 0 Å². The molecule has 0 N–H and O–H groups in total. The molecule has 4 aromatic rings. The summed E-state index contributed by atoms with van der Waals surface area (Å²) in [5.41, 5.74) is 5.95. The van der Waals surface area contributed by atoms with Crippen LogP contribution in [0, 0.1) is 0 Å². The van der Waals surface area contributed by atoms with Gasteiger partial charge in [0, 0.05) is 24.4 Å². The first-order valence-corrected chi connectivity index (χ1v) is 11.7. The van der Waals surface area contributed by atoms with E-state index in [2.05, 4.69) is 29.2 Å². The van der Waals surface area contributed by atoms with Crippen LogP contribution < -0.4 is 4.74 Å². The van der Waals surface area contributed by atoms with E-state index in [-0.39, 0.29) is 0 Å². The first-order valence-electron chi connectivity index (χ1n) is 11.7. The highest BCUT2D eigenvalue weighted by Gasteiger charge is 2.18. The summed E-state index contributed by atoms with van der Waals surface area (Å²) in [6, 6.07) is 30.4. The molecular weight excluding hydrogens is 438 g/mol. The Kier molecular flexibility index (Phi) is 9.42. The van der Waals surface area contributed by atoms with Gasteiger partial charge in [0.25, 0.3) is 0 Å². The smallest absolute Gasteiger partial charge is 0.149 e. The first-order chi connectivity index (χ1) is 17.3. The Morgan fingerprint density at radius 2 is 1.09 bits per heavy atom. The Bertz CT molecular complexity index is 1150. The number of methoxy groups -OCH3 is 1. The molecule has 0 fully saturated rings. The monoisotopic (exact) mass is 469 g/mol. The molecule has 0 aliphatic rings. The zero-order valence-electron chi connectivity index (χ0n) is 20.1. The topological polar surface area (TPSA) is 49.8 Å². The van der Waals surface area contributed by atoms with Crippen molar-refractivity contribution in [2.45, 2.75) is 39.6 Å². The molecular formula is C30H31NO4. The van der Waals surface area contributed by atoms with Crippen LogP contribution in [0.1, 0.15) is 33.5 Å². The van der Waals surface area contributed by atoms with Crippen LogP contribution in [-0.2, 0) is 53.9 Å². The highest BCUT2D eigenvalue weighted by atomic mass is 16.5. The largest absolute Gasteiger partial charge is 0.487 e. The summed E-state index contributed by atoms with van der Waals surface area (Å²) >= 11 is 0. The molecule has 1 heterocycles. The van der Waals surface area contributed by atoms with Gasteiger partial charge in [0.2, 0.25) is 0 Å². The van der Waals surface area contributed by atoms with Crippen LogP contribution in [-0.4, -0.2) is 12.1 Å². The van der Waals surface area contributed by atoms with E-state index in [0.29, 0.717) is 45.4 Å². The zero-order valence-corrected chi connectivity index (χ0v) is 20.1. The molecule has 0 amide bonds. The first kappa shape index (κ1) is 24.6. The average Bonchev–Trinajstić information content (AvgIpc) is 2.91. The summed E-state index contributed by atoms with van der Waals surface area (Å²) in [5.74, 6) is 0.699. The molecule has 0 saturated carbocycles. The Hall–Kier alpha value is -3.51. The summed E-state index contributed by atoms with van der Waals surface area (Å²) in [4.78, 5) is 4.65. The minimum absolute atomic E-state index is 0.348. The molecule has 5 heteroatoms. The molecule has 0 unspecified atom stereocenters. The quantitative estimate of drug-likeness (QED) is 0.232. The standard InChI is InChI=1S/C30H31NO4/c1-32-23-29-30(35-20-26-15-9-4-10-16-26)28(22-34-19-25-13-7-3-8-14-25)27(17-31-29)21-33-18-24-11-5-2-6-12-24/h2-17H,18-23H2,1H3. The second-order valence-corrected chi connectivity index (χ2v) is 8.20. The minimum atomic E-state index is 0.348. The Morgan fingerprint density at radius 1 is 0.571 bits per heavy atom. The molecule has 0 aliphatic carbocycles. The van der Waals surface area contributed by atoms with Gasteiger partial charge in [0.1, 0.15) is 18.1 Å². The molecule has 0 spiro atoms. The third-order valence-electron chi connectivity index (χ3n) is 5.53. The summed E-state index contributed by atoms with van der Waals surface area (Å²) < 4.78 is 23.9. The molecule has 5 nitrogen and oxygen atoms in total. The van der Waals surface area contributed by atoms with Crippen LogP contribution in [0.3, 0.4) is 0 Å². The summed E-state index contributed by atoms with van der Waals surface area (Å²) in [5, 5.41) is 0. The lowest BCUT2D eigenvalue weighted by Crippen LogP contribution is -2.10. The molecule has 180 valence electrons. The van der Waals surface area contributed by atoms with Crippen molar-refractivity contribution < 1.29 is 18.9 Å². The average molecular weight is 470 g/mol. The van der Waals surface area contributed by atoms with Crippen molar-refractivity contribution in [3.63, 3.8) is 0 Å². The van der Waals surface area contributed by atoms with Gasteiger partial charge in [0.05, 0.1) is 33.0 Å². The van der Waals surface area contributed by atoms with E-state index in [9.17, 15) is 0 Å². The summed E-state index contributed by atoms with van der Waals surface area (Å²) in [7, 11) is 1.66. The molecule has 1 aromatic heterocycles. The molecule has 3 aromatic carbocycles. The second kappa shape index (κ2) is 13.4. The van der Waals surface area contributed by atoms with Gasteiger partial charge < -0.3 is 18.9 Å². The van der Waals surface area contributed by atoms with Gasteiger partial charge in [-0.25, -0.2) is 0 Å². The van der Waals surface area contributed by atoms with E-state index in [1.165, 1.54) is 0 Å². The fourth-order valence-electron chi connectivity index (χ4n) is 3.73. The van der Waals surface area contributed by atoms with Gasteiger partial charge in [-0.2, -0.15) is 0 Å². The number of ether oxygens (including phenoxy) is 4. The maximum atomic E-state index is 6.34. The van der Waals surface area contributed by atoms with Gasteiger partial charge in [-0.05, 0) is 16.7 Å². The van der Waals surface area contributed by atoms with E-state index in [1.54, 1.807) is 7.11 Å². The molecule has 4 rings (SSSR count). The molecule has 0 atom stereocenters. The fraction of sp³-hybridized carbons (Fsp3) is 0.233. The van der Waals surface area contributed by atoms with Gasteiger partial charge >= 0.3 is 0 Å². The number of rotatable bonds is 13. The van der Waals surface area contributed by atoms with Crippen LogP contribution in [0.25, 0.3) is 0 Å². The lowest BCUT2D eigenvalue weighted by molar-refractivity contribution is 0.0902. The van der Waals surface area contributed by atoms with E-state index in [4.69, 9.17) is 18.9 Å².